The van der Waals surface area contributed by atoms with Gasteiger partial charge in [-0.1, -0.05) is 36.8 Å². The third kappa shape index (κ3) is 3.51. The third-order valence-corrected chi connectivity index (χ3v) is 5.12. The number of fused-ring (bicyclic) bond motifs is 1. The quantitative estimate of drug-likeness (QED) is 0.723. The van der Waals surface area contributed by atoms with Crippen LogP contribution in [0.15, 0.2) is 52.9 Å². The molecule has 1 aliphatic heterocycles. The Morgan fingerprint density at radius 1 is 1.04 bits per heavy atom. The van der Waals surface area contributed by atoms with Crippen LogP contribution in [0.3, 0.4) is 0 Å². The van der Waals surface area contributed by atoms with Crippen LogP contribution in [0.4, 0.5) is 5.69 Å². The average molecular weight is 348 g/mol. The number of carbonyl (C=O) groups is 1. The first-order valence-corrected chi connectivity index (χ1v) is 9.31. The van der Waals surface area contributed by atoms with E-state index >= 15 is 0 Å². The monoisotopic (exact) mass is 348 g/mol. The lowest BCUT2D eigenvalue weighted by Gasteiger charge is -2.26. The predicted molar refractivity (Wildman–Crippen MR) is 104 cm³/mol. The molecule has 0 spiro atoms. The standard InChI is InChI=1S/C22H24N2O2/c1-16-19-7-3-4-8-20(19)26-21(16)22(25)23-18-11-9-17(10-12-18)15-24-13-5-2-6-14-24/h3-4,7-12H,2,5-6,13-15H2,1H3,(H,23,25). The van der Waals surface area contributed by atoms with Crippen molar-refractivity contribution in [2.24, 2.45) is 0 Å². The number of hydrogen-bond donors (Lipinski definition) is 1. The molecule has 1 aliphatic rings. The van der Waals surface area contributed by atoms with Crippen molar-refractivity contribution in [1.29, 1.82) is 0 Å². The average Bonchev–Trinajstić information content (AvgIpc) is 3.01. The molecule has 1 fully saturated rings. The Bertz CT molecular complexity index is 906. The molecular formula is C22H24N2O2. The van der Waals surface area contributed by atoms with Crippen LogP contribution in [0.5, 0.6) is 0 Å². The zero-order valence-electron chi connectivity index (χ0n) is 15.1. The minimum absolute atomic E-state index is 0.206. The summed E-state index contributed by atoms with van der Waals surface area (Å²) < 4.78 is 5.74. The summed E-state index contributed by atoms with van der Waals surface area (Å²) in [6, 6.07) is 15.8. The van der Waals surface area contributed by atoms with Gasteiger partial charge in [-0.05, 0) is 56.6 Å². The number of carbonyl (C=O) groups excluding carboxylic acids is 1. The van der Waals surface area contributed by atoms with Gasteiger partial charge in [0.05, 0.1) is 0 Å². The van der Waals surface area contributed by atoms with Crippen LogP contribution in [0, 0.1) is 6.92 Å². The number of benzene rings is 2. The fourth-order valence-corrected chi connectivity index (χ4v) is 3.65. The van der Waals surface area contributed by atoms with E-state index < -0.39 is 0 Å². The Morgan fingerprint density at radius 2 is 1.77 bits per heavy atom. The second kappa shape index (κ2) is 7.34. The van der Waals surface area contributed by atoms with Gasteiger partial charge < -0.3 is 9.73 Å². The third-order valence-electron chi connectivity index (χ3n) is 5.12. The molecule has 0 saturated carbocycles. The maximum atomic E-state index is 12.6. The highest BCUT2D eigenvalue weighted by molar-refractivity contribution is 6.06. The Hall–Kier alpha value is -2.59. The largest absolute Gasteiger partial charge is 0.451 e. The van der Waals surface area contributed by atoms with Crippen LogP contribution in [0.25, 0.3) is 11.0 Å². The van der Waals surface area contributed by atoms with E-state index in [4.69, 9.17) is 4.42 Å². The zero-order chi connectivity index (χ0) is 17.9. The molecule has 4 heteroatoms. The first kappa shape index (κ1) is 16.9. The normalized spacial score (nSPS) is 15.3. The maximum Gasteiger partial charge on any atom is 0.291 e. The number of para-hydroxylation sites is 1. The fraction of sp³-hybridized carbons (Fsp3) is 0.318. The van der Waals surface area contributed by atoms with Crippen molar-refractivity contribution in [3.8, 4) is 0 Å². The molecule has 0 aliphatic carbocycles. The Labute approximate surface area is 153 Å². The van der Waals surface area contributed by atoms with Gasteiger partial charge in [0, 0.05) is 23.2 Å². The van der Waals surface area contributed by atoms with Crippen molar-refractivity contribution < 1.29 is 9.21 Å². The van der Waals surface area contributed by atoms with Crippen LogP contribution in [0.1, 0.15) is 40.9 Å². The number of anilines is 1. The highest BCUT2D eigenvalue weighted by Gasteiger charge is 2.17. The maximum absolute atomic E-state index is 12.6. The number of piperidine rings is 1. The lowest BCUT2D eigenvalue weighted by molar-refractivity contribution is 0.0998. The van der Waals surface area contributed by atoms with Crippen LogP contribution in [-0.2, 0) is 6.54 Å². The van der Waals surface area contributed by atoms with E-state index in [2.05, 4.69) is 22.3 Å². The number of aryl methyl sites for hydroxylation is 1. The molecule has 0 radical (unpaired) electrons. The Kier molecular flexibility index (Phi) is 4.76. The van der Waals surface area contributed by atoms with Crippen LogP contribution >= 0.6 is 0 Å². The zero-order valence-corrected chi connectivity index (χ0v) is 15.1. The van der Waals surface area contributed by atoms with Gasteiger partial charge in [-0.2, -0.15) is 0 Å². The molecule has 1 aromatic heterocycles. The molecule has 134 valence electrons. The topological polar surface area (TPSA) is 45.5 Å². The van der Waals surface area contributed by atoms with E-state index in [9.17, 15) is 4.79 Å². The molecule has 0 bridgehead atoms. The number of nitrogens with zero attached hydrogens (tertiary/aromatic N) is 1. The Morgan fingerprint density at radius 3 is 2.50 bits per heavy atom. The molecule has 1 N–H and O–H groups in total. The molecule has 1 amide bonds. The predicted octanol–water partition coefficient (Wildman–Crippen LogP) is 4.98. The number of hydrogen-bond acceptors (Lipinski definition) is 3. The van der Waals surface area contributed by atoms with Gasteiger partial charge in [-0.3, -0.25) is 9.69 Å². The highest BCUT2D eigenvalue weighted by Crippen LogP contribution is 2.25. The molecule has 26 heavy (non-hydrogen) atoms. The van der Waals surface area contributed by atoms with E-state index in [1.54, 1.807) is 0 Å². The number of nitrogens with one attached hydrogen (secondary N) is 1. The fourth-order valence-electron chi connectivity index (χ4n) is 3.65. The van der Waals surface area contributed by atoms with Crippen molar-refractivity contribution in [3.05, 3.63) is 65.4 Å². The molecule has 0 atom stereocenters. The first-order chi connectivity index (χ1) is 12.7. The lowest BCUT2D eigenvalue weighted by Crippen LogP contribution is -2.29. The van der Waals surface area contributed by atoms with Crippen molar-refractivity contribution in [2.45, 2.75) is 32.7 Å². The van der Waals surface area contributed by atoms with Gasteiger partial charge in [0.2, 0.25) is 0 Å². The van der Waals surface area contributed by atoms with Crippen LogP contribution in [0.2, 0.25) is 0 Å². The van der Waals surface area contributed by atoms with Crippen molar-refractivity contribution in [1.82, 2.24) is 4.90 Å². The first-order valence-electron chi connectivity index (χ1n) is 9.31. The smallest absolute Gasteiger partial charge is 0.291 e. The molecule has 3 aromatic rings. The van der Waals surface area contributed by atoms with Gasteiger partial charge in [-0.15, -0.1) is 0 Å². The Balaban J connectivity index is 1.44. The number of rotatable bonds is 4. The second-order valence-electron chi connectivity index (χ2n) is 7.04. The summed E-state index contributed by atoms with van der Waals surface area (Å²) in [6.45, 7) is 5.27. The van der Waals surface area contributed by atoms with Crippen LogP contribution < -0.4 is 5.32 Å². The SMILES string of the molecule is Cc1c(C(=O)Nc2ccc(CN3CCCCC3)cc2)oc2ccccc12. The van der Waals surface area contributed by atoms with Gasteiger partial charge in [0.25, 0.3) is 5.91 Å². The minimum atomic E-state index is -0.206. The molecule has 2 heterocycles. The lowest BCUT2D eigenvalue weighted by atomic mass is 10.1. The summed E-state index contributed by atoms with van der Waals surface area (Å²) in [5.41, 5.74) is 3.69. The summed E-state index contributed by atoms with van der Waals surface area (Å²) in [7, 11) is 0. The number of amides is 1. The molecule has 0 unspecified atom stereocenters. The van der Waals surface area contributed by atoms with E-state index in [1.165, 1.54) is 37.9 Å². The number of likely N-dealkylation sites (tertiary alicyclic amines) is 1. The number of furan rings is 1. The summed E-state index contributed by atoms with van der Waals surface area (Å²) in [6.07, 6.45) is 3.94. The van der Waals surface area contributed by atoms with Gasteiger partial charge in [0.15, 0.2) is 5.76 Å². The van der Waals surface area contributed by atoms with Gasteiger partial charge in [-0.25, -0.2) is 0 Å². The van der Waals surface area contributed by atoms with Crippen molar-refractivity contribution >= 4 is 22.6 Å². The van der Waals surface area contributed by atoms with Crippen molar-refractivity contribution in [3.63, 3.8) is 0 Å². The molecule has 4 nitrogen and oxygen atoms in total. The van der Waals surface area contributed by atoms with Crippen LogP contribution in [-0.4, -0.2) is 23.9 Å². The van der Waals surface area contributed by atoms with E-state index in [0.717, 1.165) is 28.8 Å². The summed E-state index contributed by atoms with van der Waals surface area (Å²) >= 11 is 0. The van der Waals surface area contributed by atoms with Gasteiger partial charge in [0.1, 0.15) is 5.58 Å². The highest BCUT2D eigenvalue weighted by atomic mass is 16.3. The van der Waals surface area contributed by atoms with E-state index in [0.29, 0.717) is 5.76 Å². The minimum Gasteiger partial charge on any atom is -0.451 e. The van der Waals surface area contributed by atoms with E-state index in [1.807, 2.05) is 43.3 Å². The molecule has 2 aromatic carbocycles. The summed E-state index contributed by atoms with van der Waals surface area (Å²) in [5.74, 6) is 0.172. The van der Waals surface area contributed by atoms with E-state index in [-0.39, 0.29) is 5.91 Å². The summed E-state index contributed by atoms with van der Waals surface area (Å²) in [5, 5.41) is 3.93. The van der Waals surface area contributed by atoms with Gasteiger partial charge >= 0.3 is 0 Å². The molecule has 1 saturated heterocycles. The molecular weight excluding hydrogens is 324 g/mol. The summed E-state index contributed by atoms with van der Waals surface area (Å²) in [4.78, 5) is 15.1. The van der Waals surface area contributed by atoms with Crippen molar-refractivity contribution in [2.75, 3.05) is 18.4 Å². The molecule has 4 rings (SSSR count). The second-order valence-corrected chi connectivity index (χ2v) is 7.04.